The van der Waals surface area contributed by atoms with E-state index >= 15 is 0 Å². The van der Waals surface area contributed by atoms with Crippen LogP contribution in [0.3, 0.4) is 0 Å². The Morgan fingerprint density at radius 2 is 1.92 bits per heavy atom. The molecule has 0 fully saturated rings. The second-order valence-electron chi connectivity index (χ2n) is 5.28. The summed E-state index contributed by atoms with van der Waals surface area (Å²) < 4.78 is 16.1. The van der Waals surface area contributed by atoms with E-state index in [0.717, 1.165) is 35.9 Å². The first-order chi connectivity index (χ1) is 11.7. The molecule has 0 atom stereocenters. The van der Waals surface area contributed by atoms with Crippen LogP contribution in [0.2, 0.25) is 0 Å². The molecule has 2 aromatic rings. The van der Waals surface area contributed by atoms with E-state index in [-0.39, 0.29) is 6.79 Å². The molecular formula is C18H20N2O3S. The molecule has 2 N–H and O–H groups in total. The Morgan fingerprint density at radius 3 is 2.71 bits per heavy atom. The number of ether oxygens (including phenoxy) is 3. The molecule has 0 radical (unpaired) electrons. The van der Waals surface area contributed by atoms with Crippen LogP contribution in [0.1, 0.15) is 12.5 Å². The van der Waals surface area contributed by atoms with Gasteiger partial charge in [0.15, 0.2) is 16.6 Å². The highest BCUT2D eigenvalue weighted by atomic mass is 32.1. The van der Waals surface area contributed by atoms with Gasteiger partial charge >= 0.3 is 0 Å². The summed E-state index contributed by atoms with van der Waals surface area (Å²) >= 11 is 5.32. The maximum Gasteiger partial charge on any atom is 0.231 e. The first-order valence-electron chi connectivity index (χ1n) is 7.91. The number of hydrogen-bond acceptors (Lipinski definition) is 4. The third kappa shape index (κ3) is 4.29. The third-order valence-corrected chi connectivity index (χ3v) is 3.81. The zero-order valence-corrected chi connectivity index (χ0v) is 14.3. The van der Waals surface area contributed by atoms with E-state index in [1.807, 2.05) is 37.3 Å². The summed E-state index contributed by atoms with van der Waals surface area (Å²) in [6.45, 7) is 3.68. The van der Waals surface area contributed by atoms with E-state index in [2.05, 4.69) is 22.8 Å². The first-order valence-corrected chi connectivity index (χ1v) is 8.31. The predicted molar refractivity (Wildman–Crippen MR) is 98.1 cm³/mol. The molecule has 0 unspecified atom stereocenters. The van der Waals surface area contributed by atoms with Gasteiger partial charge in [0.05, 0.1) is 6.61 Å². The summed E-state index contributed by atoms with van der Waals surface area (Å²) in [6, 6.07) is 13.8. The fourth-order valence-corrected chi connectivity index (χ4v) is 2.61. The summed E-state index contributed by atoms with van der Waals surface area (Å²) in [7, 11) is 0. The summed E-state index contributed by atoms with van der Waals surface area (Å²) in [5.41, 5.74) is 2.11. The zero-order chi connectivity index (χ0) is 16.8. The lowest BCUT2D eigenvalue weighted by Gasteiger charge is -2.11. The van der Waals surface area contributed by atoms with Crippen molar-refractivity contribution in [3.05, 3.63) is 48.0 Å². The summed E-state index contributed by atoms with van der Waals surface area (Å²) in [6.07, 6.45) is 0.884. The molecule has 0 aromatic heterocycles. The van der Waals surface area contributed by atoms with Crippen molar-refractivity contribution in [1.29, 1.82) is 0 Å². The quantitative estimate of drug-likeness (QED) is 0.784. The maximum atomic E-state index is 5.44. The fraction of sp³-hybridized carbons (Fsp3) is 0.278. The Bertz CT molecular complexity index is 704. The summed E-state index contributed by atoms with van der Waals surface area (Å²) in [4.78, 5) is 0. The van der Waals surface area contributed by atoms with E-state index in [0.29, 0.717) is 11.7 Å². The van der Waals surface area contributed by atoms with Crippen LogP contribution < -0.4 is 24.8 Å². The Morgan fingerprint density at radius 1 is 1.12 bits per heavy atom. The van der Waals surface area contributed by atoms with Gasteiger partial charge in [-0.2, -0.15) is 0 Å². The highest BCUT2D eigenvalue weighted by molar-refractivity contribution is 7.80. The van der Waals surface area contributed by atoms with Crippen LogP contribution in [0, 0.1) is 0 Å². The van der Waals surface area contributed by atoms with Crippen LogP contribution >= 0.6 is 12.2 Å². The average Bonchev–Trinajstić information content (AvgIpc) is 3.04. The van der Waals surface area contributed by atoms with Crippen molar-refractivity contribution in [2.24, 2.45) is 0 Å². The van der Waals surface area contributed by atoms with E-state index < -0.39 is 0 Å². The third-order valence-electron chi connectivity index (χ3n) is 3.56. The van der Waals surface area contributed by atoms with Crippen molar-refractivity contribution >= 4 is 23.0 Å². The van der Waals surface area contributed by atoms with Crippen LogP contribution in [0.4, 0.5) is 5.69 Å². The first kappa shape index (κ1) is 16.4. The standard InChI is InChI=1S/C18H20N2O3S/c1-2-21-15-6-3-13(4-7-15)9-10-19-18(24)20-14-5-8-16-17(11-14)23-12-22-16/h3-8,11H,2,9-10,12H2,1H3,(H2,19,20,24). The Kier molecular flexibility index (Phi) is 5.38. The maximum absolute atomic E-state index is 5.44. The molecule has 0 saturated carbocycles. The molecule has 0 spiro atoms. The van der Waals surface area contributed by atoms with Gasteiger partial charge in [-0.05, 0) is 55.4 Å². The van der Waals surface area contributed by atoms with Gasteiger partial charge < -0.3 is 24.8 Å². The lowest BCUT2D eigenvalue weighted by Crippen LogP contribution is -2.30. The Balaban J connectivity index is 1.44. The van der Waals surface area contributed by atoms with Gasteiger partial charge in [-0.1, -0.05) is 12.1 Å². The minimum Gasteiger partial charge on any atom is -0.494 e. The van der Waals surface area contributed by atoms with Gasteiger partial charge in [0.25, 0.3) is 0 Å². The van der Waals surface area contributed by atoms with E-state index in [9.17, 15) is 0 Å². The molecule has 24 heavy (non-hydrogen) atoms. The molecule has 6 heteroatoms. The second-order valence-corrected chi connectivity index (χ2v) is 5.68. The van der Waals surface area contributed by atoms with Crippen molar-refractivity contribution < 1.29 is 14.2 Å². The highest BCUT2D eigenvalue weighted by Crippen LogP contribution is 2.34. The smallest absolute Gasteiger partial charge is 0.231 e. The number of anilines is 1. The second kappa shape index (κ2) is 7.88. The SMILES string of the molecule is CCOc1ccc(CCNC(=S)Nc2ccc3c(c2)OCO3)cc1. The number of rotatable bonds is 6. The van der Waals surface area contributed by atoms with E-state index in [1.54, 1.807) is 0 Å². The van der Waals surface area contributed by atoms with Crippen LogP contribution in [0.15, 0.2) is 42.5 Å². The molecule has 3 rings (SSSR count). The van der Waals surface area contributed by atoms with Gasteiger partial charge in [0.1, 0.15) is 5.75 Å². The average molecular weight is 344 g/mol. The molecule has 1 aliphatic rings. The molecular weight excluding hydrogens is 324 g/mol. The highest BCUT2D eigenvalue weighted by Gasteiger charge is 2.13. The normalized spacial score (nSPS) is 11.9. The molecule has 0 amide bonds. The van der Waals surface area contributed by atoms with Crippen LogP contribution in [-0.2, 0) is 6.42 Å². The number of fused-ring (bicyclic) bond motifs is 1. The molecule has 126 valence electrons. The predicted octanol–water partition coefficient (Wildman–Crippen LogP) is 3.34. The molecule has 0 bridgehead atoms. The molecule has 1 heterocycles. The monoisotopic (exact) mass is 344 g/mol. The molecule has 5 nitrogen and oxygen atoms in total. The topological polar surface area (TPSA) is 51.8 Å². The van der Waals surface area contributed by atoms with Gasteiger partial charge in [0, 0.05) is 18.3 Å². The minimum atomic E-state index is 0.267. The van der Waals surface area contributed by atoms with Crippen LogP contribution in [-0.4, -0.2) is 25.1 Å². The number of benzene rings is 2. The summed E-state index contributed by atoms with van der Waals surface area (Å²) in [5.74, 6) is 2.39. The molecule has 2 aromatic carbocycles. The van der Waals surface area contributed by atoms with Crippen molar-refractivity contribution in [2.45, 2.75) is 13.3 Å². The van der Waals surface area contributed by atoms with Crippen molar-refractivity contribution in [2.75, 3.05) is 25.3 Å². The number of hydrogen-bond donors (Lipinski definition) is 2. The van der Waals surface area contributed by atoms with Crippen molar-refractivity contribution in [3.63, 3.8) is 0 Å². The van der Waals surface area contributed by atoms with Crippen LogP contribution in [0.25, 0.3) is 0 Å². The molecule has 1 aliphatic heterocycles. The minimum absolute atomic E-state index is 0.267. The van der Waals surface area contributed by atoms with Gasteiger partial charge in [-0.3, -0.25) is 0 Å². The summed E-state index contributed by atoms with van der Waals surface area (Å²) in [5, 5.41) is 6.94. The van der Waals surface area contributed by atoms with E-state index in [1.165, 1.54) is 5.56 Å². The Hall–Kier alpha value is -2.47. The fourth-order valence-electron chi connectivity index (χ4n) is 2.39. The zero-order valence-electron chi connectivity index (χ0n) is 13.5. The van der Waals surface area contributed by atoms with Crippen molar-refractivity contribution in [3.8, 4) is 17.2 Å². The van der Waals surface area contributed by atoms with Crippen molar-refractivity contribution in [1.82, 2.24) is 5.32 Å². The van der Waals surface area contributed by atoms with Gasteiger partial charge in [-0.25, -0.2) is 0 Å². The lowest BCUT2D eigenvalue weighted by atomic mass is 10.1. The lowest BCUT2D eigenvalue weighted by molar-refractivity contribution is 0.174. The number of thiocarbonyl (C=S) groups is 1. The largest absolute Gasteiger partial charge is 0.494 e. The Labute approximate surface area is 146 Å². The molecule has 0 saturated heterocycles. The number of nitrogens with one attached hydrogen (secondary N) is 2. The van der Waals surface area contributed by atoms with Crippen LogP contribution in [0.5, 0.6) is 17.2 Å². The molecule has 0 aliphatic carbocycles. The van der Waals surface area contributed by atoms with Gasteiger partial charge in [0.2, 0.25) is 6.79 Å². The van der Waals surface area contributed by atoms with Gasteiger partial charge in [-0.15, -0.1) is 0 Å². The van der Waals surface area contributed by atoms with E-state index in [4.69, 9.17) is 26.4 Å².